The molecule has 1 aromatic heterocycles. The Morgan fingerprint density at radius 2 is 2.28 bits per heavy atom. The number of allylic oxidation sites excluding steroid dienone is 3. The van der Waals surface area contributed by atoms with Crippen LogP contribution in [0.4, 0.5) is 0 Å². The molecular weight excluding hydrogens is 314 g/mol. The largest absolute Gasteiger partial charge is 1.00 e. The van der Waals surface area contributed by atoms with Crippen molar-refractivity contribution in [2.45, 2.75) is 26.8 Å². The highest BCUT2D eigenvalue weighted by molar-refractivity contribution is 7.09. The number of hydrogen-bond donors (Lipinski definition) is 1. The van der Waals surface area contributed by atoms with Crippen LogP contribution in [0, 0.1) is 19.8 Å². The molecule has 3 nitrogen and oxygen atoms in total. The van der Waals surface area contributed by atoms with Crippen LogP contribution >= 0.6 is 11.3 Å². The van der Waals surface area contributed by atoms with E-state index in [4.69, 9.17) is 0 Å². The quantitative estimate of drug-likeness (QED) is 0.741. The molecule has 0 fully saturated rings. The van der Waals surface area contributed by atoms with Gasteiger partial charge in [-0.05, 0) is 25.5 Å². The Kier molecular flexibility index (Phi) is 5.28. The Morgan fingerprint density at radius 1 is 1.56 bits per heavy atom. The predicted molar refractivity (Wildman–Crippen MR) is 67.0 cm³/mol. The maximum atomic E-state index is 12.1. The molecule has 1 aliphatic rings. The number of nitrogens with zero attached hydrogens (tertiary/aromatic N) is 1. The second-order valence-corrected chi connectivity index (χ2v) is 5.35. The number of rotatable bonds is 3. The summed E-state index contributed by atoms with van der Waals surface area (Å²) in [4.78, 5) is 13.3. The topological polar surface area (TPSA) is 41.2 Å². The number of carbonyl (C=O) groups is 1. The first-order valence-corrected chi connectivity index (χ1v) is 6.50. The van der Waals surface area contributed by atoms with Gasteiger partial charge in [0, 0.05) is 12.8 Å². The number of halogens is 1. The van der Waals surface area contributed by atoms with Gasteiger partial charge in [-0.25, -0.2) is 0 Å². The molecule has 18 heavy (non-hydrogen) atoms. The fraction of sp³-hybridized carbons (Fsp3) is 0.385. The molecule has 1 heterocycles. The average Bonchev–Trinajstić information content (AvgIpc) is 2.62. The van der Waals surface area contributed by atoms with Crippen molar-refractivity contribution in [2.24, 2.45) is 5.92 Å². The molecule has 1 atom stereocenters. The van der Waals surface area contributed by atoms with Gasteiger partial charge in [-0.15, -0.1) is 0 Å². The van der Waals surface area contributed by atoms with Gasteiger partial charge >= 0.3 is 0 Å². The normalized spacial score (nSPS) is 18.1. The Hall–Kier alpha value is -0.940. The van der Waals surface area contributed by atoms with Crippen LogP contribution in [0.15, 0.2) is 29.5 Å². The van der Waals surface area contributed by atoms with Crippen LogP contribution in [-0.2, 0) is 11.3 Å². The maximum Gasteiger partial charge on any atom is 0.225 e. The third-order valence-electron chi connectivity index (χ3n) is 3.12. The van der Waals surface area contributed by atoms with Crippen molar-refractivity contribution in [1.29, 1.82) is 0 Å². The zero-order valence-corrected chi connectivity index (χ0v) is 12.8. The molecule has 5 heteroatoms. The first kappa shape index (κ1) is 15.1. The monoisotopic (exact) mass is 329 g/mol. The van der Waals surface area contributed by atoms with E-state index < -0.39 is 0 Å². The SMILES string of the molecule is Cc1sc[n+](CC(=O)C2C=CC(O)=CC2)c1C.[Br-]. The molecule has 0 saturated heterocycles. The lowest BCUT2D eigenvalue weighted by Gasteiger charge is -2.10. The Balaban J connectivity index is 0.00000162. The van der Waals surface area contributed by atoms with E-state index in [1.807, 2.05) is 17.0 Å². The van der Waals surface area contributed by atoms with Gasteiger partial charge in [-0.1, -0.05) is 17.4 Å². The lowest BCUT2D eigenvalue weighted by atomic mass is 9.95. The second kappa shape index (κ2) is 6.29. The molecule has 0 amide bonds. The molecule has 0 aromatic carbocycles. The Bertz CT molecular complexity index is 505. The summed E-state index contributed by atoms with van der Waals surface area (Å²) in [5, 5.41) is 9.21. The summed E-state index contributed by atoms with van der Waals surface area (Å²) in [6.07, 6.45) is 5.68. The molecule has 0 spiro atoms. The second-order valence-electron chi connectivity index (χ2n) is 4.29. The third kappa shape index (κ3) is 3.29. The number of hydrogen-bond acceptors (Lipinski definition) is 3. The van der Waals surface area contributed by atoms with Crippen molar-refractivity contribution in [2.75, 3.05) is 0 Å². The molecule has 1 unspecified atom stereocenters. The van der Waals surface area contributed by atoms with Gasteiger partial charge in [0.05, 0.1) is 4.88 Å². The minimum atomic E-state index is -0.0991. The van der Waals surface area contributed by atoms with Crippen molar-refractivity contribution >= 4 is 17.1 Å². The fourth-order valence-electron chi connectivity index (χ4n) is 1.80. The minimum Gasteiger partial charge on any atom is -1.00 e. The van der Waals surface area contributed by atoms with Crippen molar-refractivity contribution in [3.05, 3.63) is 40.1 Å². The number of carbonyl (C=O) groups excluding carboxylic acids is 1. The number of aliphatic hydroxyl groups excluding tert-OH is 1. The van der Waals surface area contributed by atoms with E-state index in [0.717, 1.165) is 5.69 Å². The molecule has 1 N–H and O–H groups in total. The summed E-state index contributed by atoms with van der Waals surface area (Å²) in [6.45, 7) is 4.50. The van der Waals surface area contributed by atoms with E-state index in [0.29, 0.717) is 13.0 Å². The van der Waals surface area contributed by atoms with Crippen LogP contribution in [-0.4, -0.2) is 10.9 Å². The molecular formula is C13H16BrNO2S. The maximum absolute atomic E-state index is 12.1. The highest BCUT2D eigenvalue weighted by Crippen LogP contribution is 2.16. The summed E-state index contributed by atoms with van der Waals surface area (Å²) < 4.78 is 1.99. The smallest absolute Gasteiger partial charge is 0.225 e. The highest BCUT2D eigenvalue weighted by atomic mass is 79.9. The highest BCUT2D eigenvalue weighted by Gasteiger charge is 2.23. The Labute approximate surface area is 121 Å². The van der Waals surface area contributed by atoms with E-state index in [1.165, 1.54) is 4.88 Å². The van der Waals surface area contributed by atoms with Gasteiger partial charge in [0.15, 0.2) is 5.69 Å². The van der Waals surface area contributed by atoms with E-state index in [9.17, 15) is 9.90 Å². The molecule has 0 bridgehead atoms. The van der Waals surface area contributed by atoms with Gasteiger partial charge in [0.2, 0.25) is 17.8 Å². The molecule has 0 aliphatic heterocycles. The summed E-state index contributed by atoms with van der Waals surface area (Å²) in [5.74, 6) is 0.346. The molecule has 1 aliphatic carbocycles. The molecule has 98 valence electrons. The van der Waals surface area contributed by atoms with E-state index in [1.54, 1.807) is 29.6 Å². The van der Waals surface area contributed by atoms with Crippen LogP contribution < -0.4 is 21.5 Å². The van der Waals surface area contributed by atoms with Crippen molar-refractivity contribution in [3.63, 3.8) is 0 Å². The molecule has 0 saturated carbocycles. The standard InChI is InChI=1S/C13H15NO2S.BrH/c1-9-10(2)17-8-14(9)7-13(16)11-3-5-12(15)6-4-11;/h3,5-6,8,11H,4,7H2,1-2H3;1H. The summed E-state index contributed by atoms with van der Waals surface area (Å²) in [6, 6.07) is 0. The molecule has 2 rings (SSSR count). The van der Waals surface area contributed by atoms with E-state index in [2.05, 4.69) is 6.92 Å². The number of aromatic nitrogens is 1. The van der Waals surface area contributed by atoms with E-state index >= 15 is 0 Å². The van der Waals surface area contributed by atoms with Gasteiger partial charge < -0.3 is 22.1 Å². The lowest BCUT2D eigenvalue weighted by molar-refractivity contribution is -0.685. The Morgan fingerprint density at radius 3 is 2.78 bits per heavy atom. The van der Waals surface area contributed by atoms with Crippen LogP contribution in [0.5, 0.6) is 0 Å². The summed E-state index contributed by atoms with van der Waals surface area (Å²) in [5.41, 5.74) is 3.14. The number of ketones is 1. The fourth-order valence-corrected chi connectivity index (χ4v) is 2.60. The van der Waals surface area contributed by atoms with Crippen molar-refractivity contribution in [1.82, 2.24) is 0 Å². The van der Waals surface area contributed by atoms with Crippen molar-refractivity contribution < 1.29 is 31.4 Å². The van der Waals surface area contributed by atoms with Gasteiger partial charge in [-0.3, -0.25) is 4.79 Å². The summed E-state index contributed by atoms with van der Waals surface area (Å²) in [7, 11) is 0. The van der Waals surface area contributed by atoms with Crippen LogP contribution in [0.25, 0.3) is 0 Å². The minimum absolute atomic E-state index is 0. The predicted octanol–water partition coefficient (Wildman–Crippen LogP) is -0.756. The van der Waals surface area contributed by atoms with E-state index in [-0.39, 0.29) is 34.4 Å². The van der Waals surface area contributed by atoms with Gasteiger partial charge in [0.1, 0.15) is 5.76 Å². The first-order chi connectivity index (χ1) is 8.08. The van der Waals surface area contributed by atoms with Crippen LogP contribution in [0.3, 0.4) is 0 Å². The van der Waals surface area contributed by atoms with Crippen molar-refractivity contribution in [3.8, 4) is 0 Å². The molecule has 0 radical (unpaired) electrons. The molecule has 1 aromatic rings. The third-order valence-corrected chi connectivity index (χ3v) is 4.13. The van der Waals surface area contributed by atoms with Gasteiger partial charge in [-0.2, -0.15) is 4.57 Å². The van der Waals surface area contributed by atoms with Crippen LogP contribution in [0.2, 0.25) is 0 Å². The zero-order valence-electron chi connectivity index (χ0n) is 10.4. The summed E-state index contributed by atoms with van der Waals surface area (Å²) >= 11 is 1.66. The van der Waals surface area contributed by atoms with Crippen LogP contribution in [0.1, 0.15) is 17.0 Å². The van der Waals surface area contributed by atoms with Gasteiger partial charge in [0.25, 0.3) is 0 Å². The number of Topliss-reactive ketones (excluding diaryl/α,β-unsaturated/α-hetero) is 1. The zero-order chi connectivity index (χ0) is 12.4. The number of aryl methyl sites for hydroxylation is 1. The number of thiazole rings is 1. The number of aliphatic hydroxyl groups is 1. The average molecular weight is 330 g/mol. The lowest BCUT2D eigenvalue weighted by Crippen LogP contribution is -3.00. The first-order valence-electron chi connectivity index (χ1n) is 5.62.